The minimum Gasteiger partial charge on any atom is -0.442 e. The highest BCUT2D eigenvalue weighted by Crippen LogP contribution is 2.20. The van der Waals surface area contributed by atoms with Gasteiger partial charge in [-0.3, -0.25) is 0 Å². The third-order valence-electron chi connectivity index (χ3n) is 2.86. The Morgan fingerprint density at radius 3 is 2.65 bits per heavy atom. The summed E-state index contributed by atoms with van der Waals surface area (Å²) < 4.78 is 28.4. The van der Waals surface area contributed by atoms with Crippen molar-refractivity contribution < 1.29 is 12.8 Å². The van der Waals surface area contributed by atoms with Gasteiger partial charge in [-0.1, -0.05) is 30.3 Å². The van der Waals surface area contributed by atoms with E-state index in [0.29, 0.717) is 17.5 Å². The Bertz CT molecular complexity index is 855. The van der Waals surface area contributed by atoms with E-state index in [0.717, 1.165) is 17.6 Å². The van der Waals surface area contributed by atoms with Crippen molar-refractivity contribution in [3.63, 3.8) is 0 Å². The molecule has 2 aromatic heterocycles. The minimum absolute atomic E-state index is 0.217. The number of sulfone groups is 1. The first-order valence-electron chi connectivity index (χ1n) is 6.02. The average molecular weight is 288 g/mol. The van der Waals surface area contributed by atoms with E-state index in [1.54, 1.807) is 0 Å². The van der Waals surface area contributed by atoms with Gasteiger partial charge in [0, 0.05) is 18.9 Å². The number of nitrogens with zero attached hydrogens (tertiary/aromatic N) is 2. The summed E-state index contributed by atoms with van der Waals surface area (Å²) in [5.74, 6) is 0.728. The Balaban J connectivity index is 1.99. The second-order valence-corrected chi connectivity index (χ2v) is 6.47. The molecule has 20 heavy (non-hydrogen) atoms. The predicted octanol–water partition coefficient (Wildman–Crippen LogP) is 2.22. The van der Waals surface area contributed by atoms with Crippen LogP contribution in [0.1, 0.15) is 11.3 Å². The fourth-order valence-corrected chi connectivity index (χ4v) is 2.42. The van der Waals surface area contributed by atoms with Gasteiger partial charge in [0.2, 0.25) is 20.7 Å². The molecule has 5 nitrogen and oxygen atoms in total. The molecule has 2 heterocycles. The first-order valence-corrected chi connectivity index (χ1v) is 7.91. The zero-order valence-corrected chi connectivity index (χ0v) is 11.6. The molecular weight excluding hydrogens is 276 g/mol. The smallest absolute Gasteiger partial charge is 0.250 e. The molecule has 0 N–H and O–H groups in total. The van der Waals surface area contributed by atoms with Crippen LogP contribution >= 0.6 is 0 Å². The average Bonchev–Trinajstić information content (AvgIpc) is 2.80. The summed E-state index contributed by atoms with van der Waals surface area (Å²) in [6.07, 6.45) is 3.17. The van der Waals surface area contributed by atoms with Crippen LogP contribution in [0.2, 0.25) is 0 Å². The third kappa shape index (κ3) is 2.55. The van der Waals surface area contributed by atoms with E-state index >= 15 is 0 Å². The highest BCUT2D eigenvalue weighted by molar-refractivity contribution is 7.90. The van der Waals surface area contributed by atoms with Crippen LogP contribution in [0.5, 0.6) is 0 Å². The van der Waals surface area contributed by atoms with Crippen LogP contribution < -0.4 is 0 Å². The summed E-state index contributed by atoms with van der Waals surface area (Å²) in [5, 5.41) is 0.481. The van der Waals surface area contributed by atoms with E-state index in [9.17, 15) is 8.42 Å². The monoisotopic (exact) mass is 288 g/mol. The van der Waals surface area contributed by atoms with E-state index in [1.165, 1.54) is 6.20 Å². The van der Waals surface area contributed by atoms with Gasteiger partial charge in [-0.2, -0.15) is 4.98 Å². The van der Waals surface area contributed by atoms with Crippen LogP contribution in [0.3, 0.4) is 0 Å². The summed E-state index contributed by atoms with van der Waals surface area (Å²) in [6.45, 7) is 0. The lowest BCUT2D eigenvalue weighted by atomic mass is 10.1. The van der Waals surface area contributed by atoms with Crippen molar-refractivity contribution >= 4 is 20.9 Å². The van der Waals surface area contributed by atoms with Gasteiger partial charge in [-0.15, -0.1) is 0 Å². The van der Waals surface area contributed by atoms with Crippen LogP contribution in [0.15, 0.2) is 52.2 Å². The maximum absolute atomic E-state index is 11.4. The summed E-state index contributed by atoms with van der Waals surface area (Å²) >= 11 is 0. The molecule has 0 radical (unpaired) electrons. The second kappa shape index (κ2) is 4.72. The van der Waals surface area contributed by atoms with Gasteiger partial charge >= 0.3 is 0 Å². The standard InChI is InChI=1S/C14H12N2O3S/c1-20(17,18)14-15-9-11-8-12(19-13(11)16-14)7-10-5-3-2-4-6-10/h2-6,8-9H,7H2,1H3. The highest BCUT2D eigenvalue weighted by atomic mass is 32.2. The van der Waals surface area contributed by atoms with Gasteiger partial charge in [-0.25, -0.2) is 13.4 Å². The zero-order valence-electron chi connectivity index (χ0n) is 10.8. The van der Waals surface area contributed by atoms with Crippen LogP contribution in [0.4, 0.5) is 0 Å². The fourth-order valence-electron chi connectivity index (χ4n) is 1.93. The lowest BCUT2D eigenvalue weighted by Gasteiger charge is -1.96. The molecule has 0 saturated heterocycles. The van der Waals surface area contributed by atoms with Crippen molar-refractivity contribution in [1.29, 1.82) is 0 Å². The zero-order chi connectivity index (χ0) is 14.2. The number of rotatable bonds is 3. The molecule has 0 aliphatic heterocycles. The largest absolute Gasteiger partial charge is 0.442 e. The van der Waals surface area contributed by atoms with Gasteiger partial charge in [0.1, 0.15) is 5.76 Å². The van der Waals surface area contributed by atoms with E-state index in [2.05, 4.69) is 9.97 Å². The molecule has 0 bridgehead atoms. The topological polar surface area (TPSA) is 73.1 Å². The Morgan fingerprint density at radius 2 is 1.95 bits per heavy atom. The number of benzene rings is 1. The summed E-state index contributed by atoms with van der Waals surface area (Å²) in [4.78, 5) is 7.78. The van der Waals surface area contributed by atoms with Gasteiger partial charge in [0.25, 0.3) is 0 Å². The van der Waals surface area contributed by atoms with Gasteiger partial charge in [0.15, 0.2) is 0 Å². The summed E-state index contributed by atoms with van der Waals surface area (Å²) in [7, 11) is -3.43. The SMILES string of the molecule is CS(=O)(=O)c1ncc2cc(Cc3ccccc3)oc2n1. The molecule has 0 spiro atoms. The van der Waals surface area contributed by atoms with E-state index in [-0.39, 0.29) is 5.16 Å². The van der Waals surface area contributed by atoms with Gasteiger partial charge in [-0.05, 0) is 11.6 Å². The van der Waals surface area contributed by atoms with Crippen molar-refractivity contribution in [2.24, 2.45) is 0 Å². The number of furan rings is 1. The van der Waals surface area contributed by atoms with E-state index in [1.807, 2.05) is 36.4 Å². The van der Waals surface area contributed by atoms with E-state index < -0.39 is 9.84 Å². The maximum atomic E-state index is 11.4. The van der Waals surface area contributed by atoms with Gasteiger partial charge in [0.05, 0.1) is 5.39 Å². The maximum Gasteiger partial charge on any atom is 0.250 e. The van der Waals surface area contributed by atoms with Crippen LogP contribution in [-0.2, 0) is 16.3 Å². The Morgan fingerprint density at radius 1 is 1.20 bits per heavy atom. The van der Waals surface area contributed by atoms with Crippen LogP contribution in [-0.4, -0.2) is 24.6 Å². The fraction of sp³-hybridized carbons (Fsp3) is 0.143. The first-order chi connectivity index (χ1) is 9.52. The lowest BCUT2D eigenvalue weighted by molar-refractivity contribution is 0.544. The molecule has 6 heteroatoms. The molecule has 102 valence electrons. The molecule has 0 fully saturated rings. The molecular formula is C14H12N2O3S. The van der Waals surface area contributed by atoms with Crippen molar-refractivity contribution in [2.75, 3.05) is 6.26 Å². The van der Waals surface area contributed by atoms with Crippen molar-refractivity contribution in [1.82, 2.24) is 9.97 Å². The highest BCUT2D eigenvalue weighted by Gasteiger charge is 2.14. The number of aromatic nitrogens is 2. The molecule has 0 unspecified atom stereocenters. The Kier molecular flexibility index (Phi) is 3.02. The summed E-state index contributed by atoms with van der Waals surface area (Å²) in [5.41, 5.74) is 1.41. The summed E-state index contributed by atoms with van der Waals surface area (Å²) in [6, 6.07) is 11.7. The molecule has 3 aromatic rings. The molecule has 0 aliphatic carbocycles. The van der Waals surface area contributed by atoms with Crippen molar-refractivity contribution in [2.45, 2.75) is 11.6 Å². The van der Waals surface area contributed by atoms with Crippen LogP contribution in [0.25, 0.3) is 11.1 Å². The normalized spacial score (nSPS) is 11.8. The van der Waals surface area contributed by atoms with Crippen LogP contribution in [0, 0.1) is 0 Å². The molecule has 3 rings (SSSR count). The third-order valence-corrected chi connectivity index (χ3v) is 3.72. The van der Waals surface area contributed by atoms with Gasteiger partial charge < -0.3 is 4.42 Å². The second-order valence-electron chi connectivity index (χ2n) is 4.56. The molecule has 0 saturated carbocycles. The van der Waals surface area contributed by atoms with Crippen molar-refractivity contribution in [3.8, 4) is 0 Å². The molecule has 0 atom stereocenters. The van der Waals surface area contributed by atoms with Crippen molar-refractivity contribution in [3.05, 3.63) is 53.9 Å². The molecule has 0 aliphatic rings. The Hall–Kier alpha value is -2.21. The predicted molar refractivity (Wildman–Crippen MR) is 74.2 cm³/mol. The Labute approximate surface area is 116 Å². The number of hydrogen-bond donors (Lipinski definition) is 0. The quantitative estimate of drug-likeness (QED) is 0.691. The number of fused-ring (bicyclic) bond motifs is 1. The molecule has 0 amide bonds. The lowest BCUT2D eigenvalue weighted by Crippen LogP contribution is -2.02. The molecule has 1 aromatic carbocycles. The minimum atomic E-state index is -3.43. The first kappa shape index (κ1) is 12.8. The number of hydrogen-bond acceptors (Lipinski definition) is 5. The van der Waals surface area contributed by atoms with E-state index in [4.69, 9.17) is 4.42 Å².